The van der Waals surface area contributed by atoms with E-state index in [1.807, 2.05) is 13.0 Å². The molecule has 0 aliphatic heterocycles. The standard InChI is InChI=1S/C23H35NO4/c1-4-24(22(25)10-8-6-7-9-11-23(26)28-5-2)20-14-12-19-17-21(27-3)15-13-18(19)16-20/h13,15,17,20H,4-12,14,16H2,1-3H3. The third-order valence-corrected chi connectivity index (χ3v) is 5.54. The molecule has 2 rings (SSSR count). The van der Waals surface area contributed by atoms with Gasteiger partial charge in [0.1, 0.15) is 5.75 Å². The Hall–Kier alpha value is -2.04. The molecule has 28 heavy (non-hydrogen) atoms. The number of hydrogen-bond acceptors (Lipinski definition) is 4. The first-order valence-corrected chi connectivity index (χ1v) is 10.7. The van der Waals surface area contributed by atoms with Crippen LogP contribution in [-0.2, 0) is 27.2 Å². The lowest BCUT2D eigenvalue weighted by atomic mass is 9.87. The molecule has 0 fully saturated rings. The zero-order chi connectivity index (χ0) is 20.4. The molecular formula is C23H35NO4. The molecule has 0 saturated heterocycles. The predicted molar refractivity (Wildman–Crippen MR) is 111 cm³/mol. The number of aryl methyl sites for hydroxylation is 1. The Morgan fingerprint density at radius 2 is 1.82 bits per heavy atom. The van der Waals surface area contributed by atoms with Crippen molar-refractivity contribution in [2.45, 2.75) is 77.7 Å². The molecule has 5 nitrogen and oxygen atoms in total. The molecule has 0 spiro atoms. The van der Waals surface area contributed by atoms with Crippen molar-refractivity contribution in [3.63, 3.8) is 0 Å². The fraction of sp³-hybridized carbons (Fsp3) is 0.652. The number of hydrogen-bond donors (Lipinski definition) is 0. The van der Waals surface area contributed by atoms with Gasteiger partial charge < -0.3 is 14.4 Å². The molecule has 0 N–H and O–H groups in total. The summed E-state index contributed by atoms with van der Waals surface area (Å²) in [7, 11) is 1.70. The number of unbranched alkanes of at least 4 members (excludes halogenated alkanes) is 3. The van der Waals surface area contributed by atoms with E-state index in [1.54, 1.807) is 7.11 Å². The fourth-order valence-corrected chi connectivity index (χ4v) is 4.02. The number of rotatable bonds is 11. The fourth-order valence-electron chi connectivity index (χ4n) is 4.02. The summed E-state index contributed by atoms with van der Waals surface area (Å²) in [5, 5.41) is 0. The maximum atomic E-state index is 12.7. The van der Waals surface area contributed by atoms with E-state index >= 15 is 0 Å². The summed E-state index contributed by atoms with van der Waals surface area (Å²) < 4.78 is 10.3. The Kier molecular flexibility index (Phi) is 9.32. The first kappa shape index (κ1) is 22.3. The van der Waals surface area contributed by atoms with Crippen molar-refractivity contribution in [1.82, 2.24) is 4.90 Å². The number of nitrogens with zero attached hydrogens (tertiary/aromatic N) is 1. The molecule has 0 saturated carbocycles. The van der Waals surface area contributed by atoms with Crippen molar-refractivity contribution in [3.8, 4) is 5.75 Å². The molecule has 1 unspecified atom stereocenters. The molecule has 156 valence electrons. The summed E-state index contributed by atoms with van der Waals surface area (Å²) in [6.07, 6.45) is 7.69. The van der Waals surface area contributed by atoms with Crippen LogP contribution in [0.15, 0.2) is 18.2 Å². The van der Waals surface area contributed by atoms with Crippen LogP contribution in [0.2, 0.25) is 0 Å². The first-order chi connectivity index (χ1) is 13.6. The summed E-state index contributed by atoms with van der Waals surface area (Å²) in [5.41, 5.74) is 2.68. The number of fused-ring (bicyclic) bond motifs is 1. The number of amides is 1. The van der Waals surface area contributed by atoms with Gasteiger partial charge in [-0.1, -0.05) is 18.9 Å². The lowest BCUT2D eigenvalue weighted by molar-refractivity contribution is -0.143. The van der Waals surface area contributed by atoms with Gasteiger partial charge in [-0.2, -0.15) is 0 Å². The predicted octanol–water partition coefficient (Wildman–Crippen LogP) is 4.30. The van der Waals surface area contributed by atoms with Crippen LogP contribution in [0.25, 0.3) is 0 Å². The van der Waals surface area contributed by atoms with Crippen molar-refractivity contribution >= 4 is 11.9 Å². The first-order valence-electron chi connectivity index (χ1n) is 10.7. The van der Waals surface area contributed by atoms with Crippen LogP contribution >= 0.6 is 0 Å². The van der Waals surface area contributed by atoms with Crippen LogP contribution in [-0.4, -0.2) is 43.1 Å². The lowest BCUT2D eigenvalue weighted by Gasteiger charge is -2.35. The molecule has 1 aromatic carbocycles. The Labute approximate surface area is 169 Å². The highest BCUT2D eigenvalue weighted by atomic mass is 16.5. The van der Waals surface area contributed by atoms with E-state index < -0.39 is 0 Å². The van der Waals surface area contributed by atoms with Gasteiger partial charge >= 0.3 is 5.97 Å². The topological polar surface area (TPSA) is 55.8 Å². The molecule has 0 radical (unpaired) electrons. The minimum Gasteiger partial charge on any atom is -0.497 e. The Bertz CT molecular complexity index is 643. The van der Waals surface area contributed by atoms with Gasteiger partial charge in [0, 0.05) is 25.4 Å². The molecule has 0 bridgehead atoms. The maximum Gasteiger partial charge on any atom is 0.305 e. The molecule has 1 atom stereocenters. The van der Waals surface area contributed by atoms with Crippen molar-refractivity contribution in [2.24, 2.45) is 0 Å². The van der Waals surface area contributed by atoms with E-state index in [2.05, 4.69) is 24.0 Å². The third kappa shape index (κ3) is 6.54. The second-order valence-corrected chi connectivity index (χ2v) is 7.43. The lowest BCUT2D eigenvalue weighted by Crippen LogP contribution is -2.43. The average molecular weight is 390 g/mol. The zero-order valence-electron chi connectivity index (χ0n) is 17.7. The van der Waals surface area contributed by atoms with Crippen molar-refractivity contribution < 1.29 is 19.1 Å². The van der Waals surface area contributed by atoms with E-state index in [1.165, 1.54) is 11.1 Å². The minimum atomic E-state index is -0.120. The summed E-state index contributed by atoms with van der Waals surface area (Å²) in [5.74, 6) is 1.05. The zero-order valence-corrected chi connectivity index (χ0v) is 17.7. The Balaban J connectivity index is 1.75. The van der Waals surface area contributed by atoms with Crippen LogP contribution in [0.4, 0.5) is 0 Å². The Morgan fingerprint density at radius 3 is 2.50 bits per heavy atom. The van der Waals surface area contributed by atoms with E-state index in [9.17, 15) is 9.59 Å². The number of ether oxygens (including phenoxy) is 2. The van der Waals surface area contributed by atoms with Gasteiger partial charge in [-0.25, -0.2) is 0 Å². The molecule has 1 aromatic rings. The summed E-state index contributed by atoms with van der Waals surface area (Å²) in [6.45, 7) is 5.10. The summed E-state index contributed by atoms with van der Waals surface area (Å²) >= 11 is 0. The second kappa shape index (κ2) is 11.7. The van der Waals surface area contributed by atoms with Gasteiger partial charge in [0.25, 0.3) is 0 Å². The SMILES string of the molecule is CCOC(=O)CCCCCCC(=O)N(CC)C1CCc2cc(OC)ccc2C1. The smallest absolute Gasteiger partial charge is 0.305 e. The molecule has 0 heterocycles. The second-order valence-electron chi connectivity index (χ2n) is 7.43. The van der Waals surface area contributed by atoms with Crippen LogP contribution in [0, 0.1) is 0 Å². The van der Waals surface area contributed by atoms with Gasteiger partial charge in [0.2, 0.25) is 5.91 Å². The van der Waals surface area contributed by atoms with Crippen LogP contribution < -0.4 is 4.74 Å². The number of methoxy groups -OCH3 is 1. The normalized spacial score (nSPS) is 15.6. The largest absolute Gasteiger partial charge is 0.497 e. The van der Waals surface area contributed by atoms with E-state index in [-0.39, 0.29) is 11.9 Å². The number of esters is 1. The number of likely N-dealkylation sites (N-methyl/N-ethyl adjacent to an activating group) is 1. The number of benzene rings is 1. The van der Waals surface area contributed by atoms with Gasteiger partial charge in [-0.05, 0) is 69.2 Å². The van der Waals surface area contributed by atoms with E-state index in [4.69, 9.17) is 9.47 Å². The van der Waals surface area contributed by atoms with E-state index in [0.717, 1.165) is 57.2 Å². The maximum absolute atomic E-state index is 12.7. The molecular weight excluding hydrogens is 354 g/mol. The highest BCUT2D eigenvalue weighted by molar-refractivity contribution is 5.76. The van der Waals surface area contributed by atoms with E-state index in [0.29, 0.717) is 25.5 Å². The Morgan fingerprint density at radius 1 is 1.07 bits per heavy atom. The van der Waals surface area contributed by atoms with Gasteiger partial charge in [0.05, 0.1) is 13.7 Å². The van der Waals surface area contributed by atoms with Crippen molar-refractivity contribution in [3.05, 3.63) is 29.3 Å². The van der Waals surface area contributed by atoms with Gasteiger partial charge in [-0.15, -0.1) is 0 Å². The van der Waals surface area contributed by atoms with Gasteiger partial charge in [-0.3, -0.25) is 9.59 Å². The average Bonchev–Trinajstić information content (AvgIpc) is 2.70. The van der Waals surface area contributed by atoms with Crippen LogP contribution in [0.5, 0.6) is 5.75 Å². The monoisotopic (exact) mass is 389 g/mol. The summed E-state index contributed by atoms with van der Waals surface area (Å²) in [6, 6.07) is 6.57. The van der Waals surface area contributed by atoms with Gasteiger partial charge in [0.15, 0.2) is 0 Å². The molecule has 1 aliphatic carbocycles. The molecule has 5 heteroatoms. The van der Waals surface area contributed by atoms with Crippen molar-refractivity contribution in [1.29, 1.82) is 0 Å². The summed E-state index contributed by atoms with van der Waals surface area (Å²) in [4.78, 5) is 26.1. The minimum absolute atomic E-state index is 0.120. The quantitative estimate of drug-likeness (QED) is 0.418. The van der Waals surface area contributed by atoms with Crippen molar-refractivity contribution in [2.75, 3.05) is 20.3 Å². The molecule has 0 aromatic heterocycles. The molecule has 1 amide bonds. The highest BCUT2D eigenvalue weighted by Gasteiger charge is 2.26. The highest BCUT2D eigenvalue weighted by Crippen LogP contribution is 2.28. The third-order valence-electron chi connectivity index (χ3n) is 5.54. The number of carbonyl (C=O) groups excluding carboxylic acids is 2. The molecule has 1 aliphatic rings. The number of carbonyl (C=O) groups is 2. The van der Waals surface area contributed by atoms with Crippen LogP contribution in [0.1, 0.15) is 69.9 Å². The van der Waals surface area contributed by atoms with Crippen LogP contribution in [0.3, 0.4) is 0 Å².